The predicted octanol–water partition coefficient (Wildman–Crippen LogP) is 3.57. The molecule has 7 heteroatoms. The van der Waals surface area contributed by atoms with Crippen LogP contribution in [-0.4, -0.2) is 38.0 Å². The third-order valence-corrected chi connectivity index (χ3v) is 7.04. The Morgan fingerprint density at radius 2 is 1.58 bits per heavy atom. The van der Waals surface area contributed by atoms with Crippen molar-refractivity contribution in [3.63, 3.8) is 0 Å². The Bertz CT molecular complexity index is 988. The Balaban J connectivity index is 1.82. The highest BCUT2D eigenvalue weighted by atomic mass is 35.5. The number of amides is 2. The number of hydrogen-bond donors (Lipinski definition) is 0. The van der Waals surface area contributed by atoms with Crippen molar-refractivity contribution in [1.82, 2.24) is 0 Å². The largest absolute Gasteiger partial charge is 0.329 e. The summed E-state index contributed by atoms with van der Waals surface area (Å²) < 4.78 is 24.6. The average Bonchev–Trinajstić information content (AvgIpc) is 2.99. The van der Waals surface area contributed by atoms with Crippen molar-refractivity contribution in [2.45, 2.75) is 25.9 Å². The van der Waals surface area contributed by atoms with Crippen molar-refractivity contribution in [3.8, 4) is 0 Å². The summed E-state index contributed by atoms with van der Waals surface area (Å²) in [5.74, 6) is -0.0335. The summed E-state index contributed by atoms with van der Waals surface area (Å²) in [6.07, 6.45) is 0. The minimum Gasteiger partial charge on any atom is -0.288 e. The molecule has 2 saturated heterocycles. The third kappa shape index (κ3) is 2.77. The molecule has 2 aliphatic rings. The predicted molar refractivity (Wildman–Crippen MR) is 104 cm³/mol. The average molecular weight is 391 g/mol. The molecule has 2 heterocycles. The lowest BCUT2D eigenvalue weighted by atomic mass is 10.1. The van der Waals surface area contributed by atoms with E-state index in [-0.39, 0.29) is 23.6 Å². The first kappa shape index (κ1) is 17.4. The summed E-state index contributed by atoms with van der Waals surface area (Å²) in [6.45, 7) is 3.93. The summed E-state index contributed by atoms with van der Waals surface area (Å²) in [5, 5.41) is 0.572. The SMILES string of the molecule is Cc1ccc(N2C(=O)N(c3ccc(Cl)cc3)C3CS(=O)(=O)CC32)c(C)c1. The van der Waals surface area contributed by atoms with E-state index in [4.69, 9.17) is 11.6 Å². The van der Waals surface area contributed by atoms with Crippen molar-refractivity contribution in [2.75, 3.05) is 21.3 Å². The zero-order valence-corrected chi connectivity index (χ0v) is 16.1. The van der Waals surface area contributed by atoms with Gasteiger partial charge in [-0.3, -0.25) is 9.80 Å². The molecule has 0 saturated carbocycles. The molecule has 4 rings (SSSR count). The second-order valence-corrected chi connectivity index (χ2v) is 9.59. The summed E-state index contributed by atoms with van der Waals surface area (Å²) in [7, 11) is -3.20. The van der Waals surface area contributed by atoms with Gasteiger partial charge in [0, 0.05) is 16.4 Å². The van der Waals surface area contributed by atoms with Crippen LogP contribution in [0, 0.1) is 13.8 Å². The van der Waals surface area contributed by atoms with Crippen molar-refractivity contribution >= 4 is 38.8 Å². The van der Waals surface area contributed by atoms with Gasteiger partial charge in [-0.25, -0.2) is 13.2 Å². The lowest BCUT2D eigenvalue weighted by Crippen LogP contribution is -2.38. The summed E-state index contributed by atoms with van der Waals surface area (Å²) in [5.41, 5.74) is 3.49. The molecule has 0 radical (unpaired) electrons. The van der Waals surface area contributed by atoms with Crippen LogP contribution in [0.2, 0.25) is 5.02 Å². The maximum Gasteiger partial charge on any atom is 0.329 e. The highest BCUT2D eigenvalue weighted by Gasteiger charge is 2.54. The van der Waals surface area contributed by atoms with E-state index in [2.05, 4.69) is 0 Å². The Morgan fingerprint density at radius 1 is 0.962 bits per heavy atom. The van der Waals surface area contributed by atoms with E-state index in [9.17, 15) is 13.2 Å². The van der Waals surface area contributed by atoms with E-state index in [1.54, 1.807) is 34.1 Å². The van der Waals surface area contributed by atoms with E-state index in [0.717, 1.165) is 16.8 Å². The molecule has 2 aromatic rings. The number of halogens is 1. The van der Waals surface area contributed by atoms with Crippen LogP contribution in [0.15, 0.2) is 42.5 Å². The van der Waals surface area contributed by atoms with Crippen LogP contribution in [0.3, 0.4) is 0 Å². The van der Waals surface area contributed by atoms with Gasteiger partial charge in [0.15, 0.2) is 9.84 Å². The van der Waals surface area contributed by atoms with Crippen molar-refractivity contribution in [1.29, 1.82) is 0 Å². The first-order valence-electron chi connectivity index (χ1n) is 8.42. The molecule has 2 unspecified atom stereocenters. The molecular formula is C19H19ClN2O3S. The number of urea groups is 1. The molecule has 136 valence electrons. The lowest BCUT2D eigenvalue weighted by Gasteiger charge is -2.24. The normalized spacial score (nSPS) is 24.2. The number of fused-ring (bicyclic) bond motifs is 1. The number of sulfone groups is 1. The maximum atomic E-state index is 13.3. The van der Waals surface area contributed by atoms with Gasteiger partial charge in [-0.05, 0) is 49.7 Å². The van der Waals surface area contributed by atoms with Crippen molar-refractivity contribution in [2.24, 2.45) is 0 Å². The van der Waals surface area contributed by atoms with Crippen LogP contribution in [0.25, 0.3) is 0 Å². The molecule has 0 N–H and O–H groups in total. The molecule has 26 heavy (non-hydrogen) atoms. The Labute approximate surface area is 158 Å². The second-order valence-electron chi connectivity index (χ2n) is 7.00. The van der Waals surface area contributed by atoms with Gasteiger partial charge in [-0.2, -0.15) is 0 Å². The molecule has 2 aliphatic heterocycles. The molecule has 2 atom stereocenters. The van der Waals surface area contributed by atoms with E-state index < -0.39 is 15.9 Å². The van der Waals surface area contributed by atoms with E-state index in [1.807, 2.05) is 32.0 Å². The topological polar surface area (TPSA) is 57.7 Å². The molecule has 2 amide bonds. The monoisotopic (exact) mass is 390 g/mol. The first-order valence-corrected chi connectivity index (χ1v) is 10.6. The fourth-order valence-electron chi connectivity index (χ4n) is 3.96. The zero-order chi connectivity index (χ0) is 18.6. The lowest BCUT2D eigenvalue weighted by molar-refractivity contribution is 0.255. The summed E-state index contributed by atoms with van der Waals surface area (Å²) >= 11 is 5.96. The Hall–Kier alpha value is -2.05. The molecule has 2 fully saturated rings. The highest BCUT2D eigenvalue weighted by Crippen LogP contribution is 2.39. The number of anilines is 2. The zero-order valence-electron chi connectivity index (χ0n) is 14.5. The third-order valence-electron chi connectivity index (χ3n) is 5.09. The number of carbonyl (C=O) groups is 1. The van der Waals surface area contributed by atoms with Crippen molar-refractivity contribution in [3.05, 3.63) is 58.6 Å². The van der Waals surface area contributed by atoms with Crippen LogP contribution in [-0.2, 0) is 9.84 Å². The Kier molecular flexibility index (Phi) is 4.00. The van der Waals surface area contributed by atoms with Gasteiger partial charge in [-0.15, -0.1) is 0 Å². The molecule has 0 spiro atoms. The van der Waals surface area contributed by atoms with Gasteiger partial charge in [0.2, 0.25) is 0 Å². The van der Waals surface area contributed by atoms with E-state index >= 15 is 0 Å². The second kappa shape index (κ2) is 5.99. The quantitative estimate of drug-likeness (QED) is 0.736. The smallest absolute Gasteiger partial charge is 0.288 e. The Morgan fingerprint density at radius 3 is 2.19 bits per heavy atom. The number of aryl methyl sites for hydroxylation is 2. The molecule has 2 aromatic carbocycles. The van der Waals surface area contributed by atoms with Gasteiger partial charge < -0.3 is 0 Å². The van der Waals surface area contributed by atoms with Gasteiger partial charge in [0.05, 0.1) is 23.6 Å². The minimum atomic E-state index is -3.20. The minimum absolute atomic E-state index is 0.0131. The summed E-state index contributed by atoms with van der Waals surface area (Å²) in [6, 6.07) is 11.8. The van der Waals surface area contributed by atoms with Crippen LogP contribution in [0.1, 0.15) is 11.1 Å². The number of benzene rings is 2. The standard InChI is InChI=1S/C19H19ClN2O3S/c1-12-3-8-16(13(2)9-12)22-18-11-26(24,25)10-17(18)21(19(22)23)15-6-4-14(20)5-7-15/h3-9,17-18H,10-11H2,1-2H3. The molecular weight excluding hydrogens is 372 g/mol. The van der Waals surface area contributed by atoms with Gasteiger partial charge in [-0.1, -0.05) is 29.3 Å². The van der Waals surface area contributed by atoms with Crippen LogP contribution >= 0.6 is 11.6 Å². The van der Waals surface area contributed by atoms with Gasteiger partial charge in [0.25, 0.3) is 0 Å². The first-order chi connectivity index (χ1) is 12.3. The summed E-state index contributed by atoms with van der Waals surface area (Å²) in [4.78, 5) is 16.5. The molecule has 0 aromatic heterocycles. The van der Waals surface area contributed by atoms with Crippen molar-refractivity contribution < 1.29 is 13.2 Å². The number of hydrogen-bond acceptors (Lipinski definition) is 3. The highest BCUT2D eigenvalue weighted by molar-refractivity contribution is 7.91. The molecule has 0 bridgehead atoms. The molecule has 5 nitrogen and oxygen atoms in total. The number of carbonyl (C=O) groups excluding carboxylic acids is 1. The number of rotatable bonds is 2. The van der Waals surface area contributed by atoms with Crippen LogP contribution in [0.4, 0.5) is 16.2 Å². The van der Waals surface area contributed by atoms with Crippen LogP contribution < -0.4 is 9.80 Å². The van der Waals surface area contributed by atoms with Gasteiger partial charge >= 0.3 is 6.03 Å². The van der Waals surface area contributed by atoms with Gasteiger partial charge in [0.1, 0.15) is 0 Å². The van der Waals surface area contributed by atoms with Crippen LogP contribution in [0.5, 0.6) is 0 Å². The molecule has 0 aliphatic carbocycles. The maximum absolute atomic E-state index is 13.3. The van der Waals surface area contributed by atoms with E-state index in [1.165, 1.54) is 0 Å². The number of nitrogens with zero attached hydrogens (tertiary/aromatic N) is 2. The fourth-order valence-corrected chi connectivity index (χ4v) is 6.01. The fraction of sp³-hybridized carbons (Fsp3) is 0.316. The van der Waals surface area contributed by atoms with E-state index in [0.29, 0.717) is 10.7 Å².